The Morgan fingerprint density at radius 3 is 2.88 bits per heavy atom. The smallest absolute Gasteiger partial charge is 0.283 e. The first kappa shape index (κ1) is 17.9. The minimum atomic E-state index is 0.355. The van der Waals surface area contributed by atoms with Crippen molar-refractivity contribution in [1.29, 1.82) is 0 Å². The zero-order valence-electron chi connectivity index (χ0n) is 14.6. The number of methoxy groups -OCH3 is 1. The van der Waals surface area contributed by atoms with Crippen molar-refractivity contribution in [3.05, 3.63) is 48.6 Å². The molecule has 0 aliphatic heterocycles. The Kier molecular flexibility index (Phi) is 5.85. The van der Waals surface area contributed by atoms with Crippen LogP contribution in [0.25, 0.3) is 11.7 Å². The van der Waals surface area contributed by atoms with Crippen LogP contribution in [-0.2, 0) is 6.54 Å². The summed E-state index contributed by atoms with van der Waals surface area (Å²) in [4.78, 5) is 1.98. The molecule has 0 radical (unpaired) electrons. The molecule has 8 heteroatoms. The molecule has 3 rings (SSSR count). The molecule has 0 unspecified atom stereocenters. The number of rotatable bonds is 7. The van der Waals surface area contributed by atoms with Gasteiger partial charge < -0.3 is 23.8 Å². The number of hydrogen-bond donors (Lipinski definition) is 1. The van der Waals surface area contributed by atoms with E-state index in [4.69, 9.17) is 25.8 Å². The van der Waals surface area contributed by atoms with Gasteiger partial charge in [0.25, 0.3) is 5.89 Å². The largest absolute Gasteiger partial charge is 0.497 e. The molecule has 0 amide bonds. The number of furan rings is 1. The highest BCUT2D eigenvalue weighted by Crippen LogP contribution is 2.20. The van der Waals surface area contributed by atoms with Crippen LogP contribution >= 0.6 is 12.2 Å². The van der Waals surface area contributed by atoms with E-state index < -0.39 is 0 Å². The van der Waals surface area contributed by atoms with E-state index >= 15 is 0 Å². The molecule has 0 atom stereocenters. The van der Waals surface area contributed by atoms with E-state index in [-0.39, 0.29) is 0 Å². The maximum absolute atomic E-state index is 5.68. The lowest BCUT2D eigenvalue weighted by Gasteiger charge is -2.24. The van der Waals surface area contributed by atoms with Crippen LogP contribution in [0.3, 0.4) is 0 Å². The van der Waals surface area contributed by atoms with Gasteiger partial charge in [0.2, 0.25) is 5.89 Å². The molecule has 0 spiro atoms. The fraction of sp³-hybridized carbons (Fsp3) is 0.278. The van der Waals surface area contributed by atoms with Gasteiger partial charge in [-0.05, 0) is 42.9 Å². The summed E-state index contributed by atoms with van der Waals surface area (Å²) in [7, 11) is 1.63. The Hall–Kier alpha value is -2.87. The van der Waals surface area contributed by atoms with Crippen LogP contribution < -0.4 is 10.1 Å². The summed E-state index contributed by atoms with van der Waals surface area (Å²) in [6.45, 7) is 3.26. The van der Waals surface area contributed by atoms with Crippen LogP contribution in [0.4, 0.5) is 5.69 Å². The number of anilines is 1. The molecular weight excluding hydrogens is 352 g/mol. The van der Waals surface area contributed by atoms with Gasteiger partial charge >= 0.3 is 0 Å². The molecule has 136 valence electrons. The summed E-state index contributed by atoms with van der Waals surface area (Å²) in [5.41, 5.74) is 0.859. The van der Waals surface area contributed by atoms with Crippen molar-refractivity contribution in [1.82, 2.24) is 15.1 Å². The third kappa shape index (κ3) is 4.40. The highest BCUT2D eigenvalue weighted by molar-refractivity contribution is 7.80. The highest BCUT2D eigenvalue weighted by Gasteiger charge is 2.16. The third-order valence-electron chi connectivity index (χ3n) is 3.63. The Bertz CT molecular complexity index is 848. The molecule has 0 aliphatic carbocycles. The second-order valence-corrected chi connectivity index (χ2v) is 5.95. The first-order chi connectivity index (χ1) is 12.7. The molecule has 1 aromatic carbocycles. The maximum atomic E-state index is 5.68. The van der Waals surface area contributed by atoms with Crippen molar-refractivity contribution in [2.24, 2.45) is 0 Å². The first-order valence-corrected chi connectivity index (χ1v) is 8.66. The minimum absolute atomic E-state index is 0.355. The number of ether oxygens (including phenoxy) is 1. The SMILES string of the molecule is CCCN(Cc1nnc(-c2ccco2)o1)C(=S)Nc1cccc(OC)c1. The quantitative estimate of drug-likeness (QED) is 0.625. The Morgan fingerprint density at radius 2 is 2.15 bits per heavy atom. The molecule has 0 aliphatic rings. The Labute approximate surface area is 157 Å². The van der Waals surface area contributed by atoms with Gasteiger partial charge in [-0.15, -0.1) is 10.2 Å². The number of thiocarbonyl (C=S) groups is 1. The summed E-state index contributed by atoms with van der Waals surface area (Å²) < 4.78 is 16.2. The number of benzene rings is 1. The lowest BCUT2D eigenvalue weighted by molar-refractivity contribution is 0.357. The summed E-state index contributed by atoms with van der Waals surface area (Å²) in [5.74, 6) is 2.13. The molecule has 2 aromatic heterocycles. The van der Waals surface area contributed by atoms with Crippen LogP contribution in [0.2, 0.25) is 0 Å². The topological polar surface area (TPSA) is 76.6 Å². The van der Waals surface area contributed by atoms with Gasteiger partial charge in [0, 0.05) is 18.3 Å². The molecule has 0 bridgehead atoms. The summed E-state index contributed by atoms with van der Waals surface area (Å²) in [6, 6.07) is 11.2. The van der Waals surface area contributed by atoms with Crippen LogP contribution in [0, 0.1) is 0 Å². The molecule has 7 nitrogen and oxygen atoms in total. The maximum Gasteiger partial charge on any atom is 0.283 e. The Balaban J connectivity index is 1.69. The van der Waals surface area contributed by atoms with Gasteiger partial charge in [0.1, 0.15) is 5.75 Å². The van der Waals surface area contributed by atoms with Gasteiger partial charge in [-0.25, -0.2) is 0 Å². The van der Waals surface area contributed by atoms with E-state index in [1.165, 1.54) is 0 Å². The molecule has 0 saturated carbocycles. The highest BCUT2D eigenvalue weighted by atomic mass is 32.1. The van der Waals surface area contributed by atoms with Gasteiger partial charge in [0.15, 0.2) is 10.9 Å². The average molecular weight is 372 g/mol. The van der Waals surface area contributed by atoms with Crippen LogP contribution in [-0.4, -0.2) is 33.9 Å². The zero-order valence-corrected chi connectivity index (χ0v) is 15.5. The number of nitrogens with zero attached hydrogens (tertiary/aromatic N) is 3. The van der Waals surface area contributed by atoms with Gasteiger partial charge in [-0.2, -0.15) is 0 Å². The average Bonchev–Trinajstić information content (AvgIpc) is 3.33. The van der Waals surface area contributed by atoms with E-state index in [0.717, 1.165) is 24.4 Å². The van der Waals surface area contributed by atoms with E-state index in [0.29, 0.717) is 29.2 Å². The lowest BCUT2D eigenvalue weighted by atomic mass is 10.3. The van der Waals surface area contributed by atoms with E-state index in [2.05, 4.69) is 22.4 Å². The predicted octanol–water partition coefficient (Wildman–Crippen LogP) is 3.95. The van der Waals surface area contributed by atoms with Crippen LogP contribution in [0.1, 0.15) is 19.2 Å². The van der Waals surface area contributed by atoms with Gasteiger partial charge in [0.05, 0.1) is 19.9 Å². The number of nitrogens with one attached hydrogen (secondary N) is 1. The molecule has 3 aromatic rings. The van der Waals surface area contributed by atoms with E-state index in [1.807, 2.05) is 29.2 Å². The minimum Gasteiger partial charge on any atom is -0.497 e. The van der Waals surface area contributed by atoms with Crippen molar-refractivity contribution >= 4 is 23.0 Å². The van der Waals surface area contributed by atoms with Crippen LogP contribution in [0.15, 0.2) is 51.5 Å². The summed E-state index contributed by atoms with van der Waals surface area (Å²) in [5, 5.41) is 11.9. The van der Waals surface area contributed by atoms with Crippen molar-refractivity contribution in [3.8, 4) is 17.4 Å². The van der Waals surface area contributed by atoms with Crippen molar-refractivity contribution < 1.29 is 13.6 Å². The first-order valence-electron chi connectivity index (χ1n) is 8.26. The normalized spacial score (nSPS) is 10.5. The van der Waals surface area contributed by atoms with Gasteiger partial charge in [-0.1, -0.05) is 13.0 Å². The Morgan fingerprint density at radius 1 is 1.27 bits per heavy atom. The molecule has 26 heavy (non-hydrogen) atoms. The van der Waals surface area contributed by atoms with E-state index in [1.54, 1.807) is 25.5 Å². The second kappa shape index (κ2) is 8.48. The molecule has 0 saturated heterocycles. The monoisotopic (exact) mass is 372 g/mol. The number of aromatic nitrogens is 2. The van der Waals surface area contributed by atoms with Crippen molar-refractivity contribution in [2.45, 2.75) is 19.9 Å². The van der Waals surface area contributed by atoms with Gasteiger partial charge in [-0.3, -0.25) is 0 Å². The zero-order chi connectivity index (χ0) is 18.4. The second-order valence-electron chi connectivity index (χ2n) is 5.56. The standard InChI is InChI=1S/C18H20N4O3S/c1-3-9-22(18(26)19-13-6-4-7-14(11-13)23-2)12-16-20-21-17(25-16)15-8-5-10-24-15/h4-8,10-11H,3,9,12H2,1-2H3,(H,19,26). The molecule has 1 N–H and O–H groups in total. The molecule has 0 fully saturated rings. The van der Waals surface area contributed by atoms with Crippen molar-refractivity contribution in [2.75, 3.05) is 19.0 Å². The van der Waals surface area contributed by atoms with Crippen molar-refractivity contribution in [3.63, 3.8) is 0 Å². The fourth-order valence-corrected chi connectivity index (χ4v) is 2.68. The molecular formula is C18H20N4O3S. The fourth-order valence-electron chi connectivity index (χ4n) is 2.41. The summed E-state index contributed by atoms with van der Waals surface area (Å²) >= 11 is 5.55. The lowest BCUT2D eigenvalue weighted by Crippen LogP contribution is -2.35. The van der Waals surface area contributed by atoms with Crippen LogP contribution in [0.5, 0.6) is 5.75 Å². The third-order valence-corrected chi connectivity index (χ3v) is 3.99. The molecule has 2 heterocycles. The summed E-state index contributed by atoms with van der Waals surface area (Å²) in [6.07, 6.45) is 2.49. The predicted molar refractivity (Wildman–Crippen MR) is 102 cm³/mol. The van der Waals surface area contributed by atoms with E-state index in [9.17, 15) is 0 Å². The number of hydrogen-bond acceptors (Lipinski definition) is 6.